The number of nitrogens with one attached hydrogen (secondary N) is 1. The highest BCUT2D eigenvalue weighted by molar-refractivity contribution is 6.18. The van der Waals surface area contributed by atoms with E-state index in [1.54, 1.807) is 0 Å². The smallest absolute Gasteiger partial charge is 0.316 e. The van der Waals surface area contributed by atoms with Crippen molar-refractivity contribution in [2.24, 2.45) is 5.41 Å². The van der Waals surface area contributed by atoms with Gasteiger partial charge in [0.05, 0.1) is 5.41 Å². The van der Waals surface area contributed by atoms with E-state index >= 15 is 0 Å². The van der Waals surface area contributed by atoms with Gasteiger partial charge >= 0.3 is 5.97 Å². The molecule has 0 fully saturated rings. The quantitative estimate of drug-likeness (QED) is 0.111. The number of ether oxygens (including phenoxy) is 2. The first-order valence-electron chi connectivity index (χ1n) is 11.9. The molecule has 5 heteroatoms. The van der Waals surface area contributed by atoms with E-state index in [1.807, 2.05) is 82.4 Å². The van der Waals surface area contributed by atoms with Gasteiger partial charge in [-0.05, 0) is 86.3 Å². The molecule has 184 valence electrons. The molecule has 0 spiro atoms. The fraction of sp³-hybridized carbons (Fsp3) is 0.300. The number of hydrogen-bond acceptors (Lipinski definition) is 4. The number of benzene rings is 3. The third-order valence-electron chi connectivity index (χ3n) is 5.50. The van der Waals surface area contributed by atoms with Crippen LogP contribution in [-0.2, 0) is 4.79 Å². The van der Waals surface area contributed by atoms with Gasteiger partial charge in [-0.25, -0.2) is 0 Å². The standard InChI is InChI=1S/C30H34ClNO3/c1-30(2,3)29(33)35-26-16-12-24(13-17-26)28(27(18-19-31)22-8-6-5-7-9-22)23-10-14-25(15-11-23)34-21-20-32-4/h5-17,32H,18-21H2,1-4H3. The minimum Gasteiger partial charge on any atom is -0.492 e. The van der Waals surface area contributed by atoms with Crippen molar-refractivity contribution in [2.75, 3.05) is 26.1 Å². The zero-order valence-corrected chi connectivity index (χ0v) is 21.7. The molecule has 0 aliphatic heterocycles. The lowest BCUT2D eigenvalue weighted by Gasteiger charge is -2.19. The number of likely N-dealkylation sites (N-methyl/N-ethyl adjacent to an activating group) is 1. The molecule has 0 aromatic heterocycles. The van der Waals surface area contributed by atoms with Crippen LogP contribution in [-0.4, -0.2) is 32.0 Å². The Bertz CT molecular complexity index is 1120. The lowest BCUT2D eigenvalue weighted by molar-refractivity contribution is -0.142. The average molecular weight is 492 g/mol. The molecule has 3 rings (SSSR count). The first kappa shape index (κ1) is 26.5. The minimum absolute atomic E-state index is 0.262. The van der Waals surface area contributed by atoms with Crippen molar-refractivity contribution in [1.82, 2.24) is 5.32 Å². The molecule has 3 aromatic carbocycles. The molecule has 1 N–H and O–H groups in total. The fourth-order valence-electron chi connectivity index (χ4n) is 3.60. The Morgan fingerprint density at radius 2 is 1.40 bits per heavy atom. The summed E-state index contributed by atoms with van der Waals surface area (Å²) in [5.74, 6) is 1.59. The number of alkyl halides is 1. The van der Waals surface area contributed by atoms with Crippen molar-refractivity contribution in [1.29, 1.82) is 0 Å². The first-order chi connectivity index (χ1) is 16.8. The summed E-state index contributed by atoms with van der Waals surface area (Å²) in [5, 5.41) is 3.08. The van der Waals surface area contributed by atoms with E-state index in [9.17, 15) is 4.79 Å². The van der Waals surface area contributed by atoms with Gasteiger partial charge in [0.2, 0.25) is 0 Å². The van der Waals surface area contributed by atoms with E-state index in [1.165, 1.54) is 0 Å². The summed E-state index contributed by atoms with van der Waals surface area (Å²) in [4.78, 5) is 12.3. The molecule has 35 heavy (non-hydrogen) atoms. The maximum absolute atomic E-state index is 12.3. The van der Waals surface area contributed by atoms with Crippen LogP contribution in [0, 0.1) is 5.41 Å². The van der Waals surface area contributed by atoms with Crippen molar-refractivity contribution in [3.05, 3.63) is 95.6 Å². The predicted octanol–water partition coefficient (Wildman–Crippen LogP) is 6.82. The molecular weight excluding hydrogens is 458 g/mol. The van der Waals surface area contributed by atoms with Crippen molar-refractivity contribution in [3.8, 4) is 11.5 Å². The second kappa shape index (κ2) is 12.6. The highest BCUT2D eigenvalue weighted by Gasteiger charge is 2.24. The molecule has 3 aromatic rings. The zero-order chi connectivity index (χ0) is 25.3. The minimum atomic E-state index is -0.568. The van der Waals surface area contributed by atoms with Gasteiger partial charge in [0, 0.05) is 12.4 Å². The molecule has 4 nitrogen and oxygen atoms in total. The van der Waals surface area contributed by atoms with Crippen molar-refractivity contribution in [2.45, 2.75) is 27.2 Å². The Kier molecular flexibility index (Phi) is 9.53. The highest BCUT2D eigenvalue weighted by atomic mass is 35.5. The number of hydrogen-bond donors (Lipinski definition) is 1. The van der Waals surface area contributed by atoms with E-state index in [0.717, 1.165) is 40.1 Å². The monoisotopic (exact) mass is 491 g/mol. The largest absolute Gasteiger partial charge is 0.492 e. The van der Waals surface area contributed by atoms with Gasteiger partial charge in [0.25, 0.3) is 0 Å². The first-order valence-corrected chi connectivity index (χ1v) is 12.4. The average Bonchev–Trinajstić information content (AvgIpc) is 2.85. The SMILES string of the molecule is CNCCOc1ccc(C(=C(CCCl)c2ccccc2)c2ccc(OC(=O)C(C)(C)C)cc2)cc1. The number of halogens is 1. The van der Waals surface area contributed by atoms with E-state index in [2.05, 4.69) is 29.6 Å². The Hall–Kier alpha value is -3.08. The molecule has 0 aliphatic carbocycles. The van der Waals surface area contributed by atoms with Gasteiger partial charge in [-0.2, -0.15) is 0 Å². The number of esters is 1. The van der Waals surface area contributed by atoms with Gasteiger partial charge in [-0.3, -0.25) is 4.79 Å². The van der Waals surface area contributed by atoms with Crippen LogP contribution < -0.4 is 14.8 Å². The van der Waals surface area contributed by atoms with E-state index in [-0.39, 0.29) is 5.97 Å². The van der Waals surface area contributed by atoms with Crippen LogP contribution in [0.4, 0.5) is 0 Å². The molecule has 0 aliphatic rings. The molecule has 0 amide bonds. The van der Waals surface area contributed by atoms with Crippen LogP contribution in [0.25, 0.3) is 11.1 Å². The molecule has 0 saturated carbocycles. The Morgan fingerprint density at radius 3 is 1.91 bits per heavy atom. The zero-order valence-electron chi connectivity index (χ0n) is 20.9. The van der Waals surface area contributed by atoms with Gasteiger partial charge in [-0.15, -0.1) is 11.6 Å². The summed E-state index contributed by atoms with van der Waals surface area (Å²) >= 11 is 6.27. The molecule has 0 unspecified atom stereocenters. The molecule has 0 saturated heterocycles. The van der Waals surface area contributed by atoms with Crippen LogP contribution in [0.1, 0.15) is 43.9 Å². The Balaban J connectivity index is 2.04. The second-order valence-corrected chi connectivity index (χ2v) is 9.68. The van der Waals surface area contributed by atoms with Crippen molar-refractivity contribution in [3.63, 3.8) is 0 Å². The Morgan fingerprint density at radius 1 is 0.829 bits per heavy atom. The second-order valence-electron chi connectivity index (χ2n) is 9.30. The molecular formula is C30H34ClNO3. The Labute approximate surface area is 213 Å². The van der Waals surface area contributed by atoms with Gasteiger partial charge in [0.1, 0.15) is 18.1 Å². The molecule has 0 heterocycles. The van der Waals surface area contributed by atoms with Gasteiger partial charge < -0.3 is 14.8 Å². The van der Waals surface area contributed by atoms with Gasteiger partial charge in [0.15, 0.2) is 0 Å². The summed E-state index contributed by atoms with van der Waals surface area (Å²) in [5.41, 5.74) is 4.89. The van der Waals surface area contributed by atoms with Crippen LogP contribution in [0.2, 0.25) is 0 Å². The third kappa shape index (κ3) is 7.45. The fourth-order valence-corrected chi connectivity index (χ4v) is 3.79. The summed E-state index contributed by atoms with van der Waals surface area (Å²) < 4.78 is 11.4. The van der Waals surface area contributed by atoms with Crippen LogP contribution in [0.5, 0.6) is 11.5 Å². The maximum Gasteiger partial charge on any atom is 0.316 e. The van der Waals surface area contributed by atoms with Crippen LogP contribution in [0.3, 0.4) is 0 Å². The number of carbonyl (C=O) groups excluding carboxylic acids is 1. The number of carbonyl (C=O) groups is 1. The maximum atomic E-state index is 12.3. The summed E-state index contributed by atoms with van der Waals surface area (Å²) in [7, 11) is 1.90. The lowest BCUT2D eigenvalue weighted by Crippen LogP contribution is -2.25. The lowest BCUT2D eigenvalue weighted by atomic mass is 9.88. The third-order valence-corrected chi connectivity index (χ3v) is 5.69. The summed E-state index contributed by atoms with van der Waals surface area (Å²) in [6, 6.07) is 26.1. The highest BCUT2D eigenvalue weighted by Crippen LogP contribution is 2.36. The number of rotatable bonds is 10. The molecule has 0 radical (unpaired) electrons. The van der Waals surface area contributed by atoms with E-state index in [4.69, 9.17) is 21.1 Å². The van der Waals surface area contributed by atoms with Crippen LogP contribution >= 0.6 is 11.6 Å². The van der Waals surface area contributed by atoms with E-state index in [0.29, 0.717) is 24.7 Å². The predicted molar refractivity (Wildman–Crippen MR) is 145 cm³/mol. The van der Waals surface area contributed by atoms with Crippen molar-refractivity contribution < 1.29 is 14.3 Å². The number of allylic oxidation sites excluding steroid dienone is 1. The molecule has 0 bridgehead atoms. The summed E-state index contributed by atoms with van der Waals surface area (Å²) in [6.07, 6.45) is 0.710. The van der Waals surface area contributed by atoms with Crippen LogP contribution in [0.15, 0.2) is 78.9 Å². The van der Waals surface area contributed by atoms with E-state index < -0.39 is 5.41 Å². The normalized spacial score (nSPS) is 12.1. The summed E-state index contributed by atoms with van der Waals surface area (Å²) in [6.45, 7) is 6.92. The van der Waals surface area contributed by atoms with Crippen molar-refractivity contribution >= 4 is 28.7 Å². The van der Waals surface area contributed by atoms with Gasteiger partial charge in [-0.1, -0.05) is 54.6 Å². The molecule has 0 atom stereocenters. The topological polar surface area (TPSA) is 47.6 Å².